The standard InChI is InChI=1S/C12H18N2O4S/c1-18-8-11(13)12(15)14-7-9-3-5-10(6-4-9)19(2,16)17/h3-6,11H,7-8,13H2,1-2H3,(H,14,15). The van der Waals surface area contributed by atoms with Crippen molar-refractivity contribution < 1.29 is 17.9 Å². The third kappa shape index (κ3) is 4.98. The summed E-state index contributed by atoms with van der Waals surface area (Å²) in [6.45, 7) is 0.444. The molecule has 1 unspecified atom stereocenters. The van der Waals surface area contributed by atoms with Gasteiger partial charge in [-0.2, -0.15) is 0 Å². The molecule has 0 saturated carbocycles. The van der Waals surface area contributed by atoms with Gasteiger partial charge in [0.05, 0.1) is 11.5 Å². The lowest BCUT2D eigenvalue weighted by Crippen LogP contribution is -2.43. The topological polar surface area (TPSA) is 98.5 Å². The summed E-state index contributed by atoms with van der Waals surface area (Å²) in [7, 11) is -1.73. The SMILES string of the molecule is COCC(N)C(=O)NCc1ccc(S(C)(=O)=O)cc1. The molecule has 7 heteroatoms. The first-order valence-corrected chi connectivity index (χ1v) is 7.55. The second kappa shape index (κ2) is 6.65. The maximum Gasteiger partial charge on any atom is 0.239 e. The average molecular weight is 286 g/mol. The van der Waals surface area contributed by atoms with Crippen LogP contribution in [0.4, 0.5) is 0 Å². The molecule has 1 aromatic carbocycles. The largest absolute Gasteiger partial charge is 0.383 e. The zero-order valence-electron chi connectivity index (χ0n) is 10.9. The maximum atomic E-state index is 11.5. The number of nitrogens with one attached hydrogen (secondary N) is 1. The molecule has 1 amide bonds. The molecule has 0 spiro atoms. The van der Waals surface area contributed by atoms with Crippen molar-refractivity contribution in [2.45, 2.75) is 17.5 Å². The molecule has 0 radical (unpaired) electrons. The highest BCUT2D eigenvalue weighted by molar-refractivity contribution is 7.90. The van der Waals surface area contributed by atoms with Crippen LogP contribution in [-0.4, -0.2) is 40.3 Å². The minimum absolute atomic E-state index is 0.152. The fourth-order valence-corrected chi connectivity index (χ4v) is 2.06. The molecule has 0 aliphatic heterocycles. The number of nitrogens with two attached hydrogens (primary N) is 1. The Morgan fingerprint density at radius 1 is 1.37 bits per heavy atom. The van der Waals surface area contributed by atoms with Gasteiger partial charge in [-0.1, -0.05) is 12.1 Å². The summed E-state index contributed by atoms with van der Waals surface area (Å²) in [6, 6.07) is 5.61. The van der Waals surface area contributed by atoms with Gasteiger partial charge in [-0.25, -0.2) is 8.42 Å². The van der Waals surface area contributed by atoms with Crippen LogP contribution in [0.3, 0.4) is 0 Å². The number of ether oxygens (including phenoxy) is 1. The lowest BCUT2D eigenvalue weighted by atomic mass is 10.2. The Balaban J connectivity index is 2.58. The highest BCUT2D eigenvalue weighted by atomic mass is 32.2. The van der Waals surface area contributed by atoms with Crippen molar-refractivity contribution in [2.24, 2.45) is 5.73 Å². The van der Waals surface area contributed by atoms with Crippen LogP contribution in [0.25, 0.3) is 0 Å². The van der Waals surface area contributed by atoms with Crippen molar-refractivity contribution in [1.29, 1.82) is 0 Å². The molecular weight excluding hydrogens is 268 g/mol. The Bertz CT molecular complexity index is 525. The van der Waals surface area contributed by atoms with Crippen molar-refractivity contribution >= 4 is 15.7 Å². The molecule has 1 atom stereocenters. The number of benzene rings is 1. The van der Waals surface area contributed by atoms with E-state index in [0.29, 0.717) is 6.54 Å². The van der Waals surface area contributed by atoms with Crippen LogP contribution >= 0.6 is 0 Å². The number of amides is 1. The second-order valence-corrected chi connectivity index (χ2v) is 6.21. The summed E-state index contributed by atoms with van der Waals surface area (Å²) in [4.78, 5) is 11.8. The van der Waals surface area contributed by atoms with E-state index in [4.69, 9.17) is 10.5 Å². The van der Waals surface area contributed by atoms with Crippen LogP contribution < -0.4 is 11.1 Å². The summed E-state index contributed by atoms with van der Waals surface area (Å²) in [5.41, 5.74) is 6.35. The molecule has 0 fully saturated rings. The molecule has 3 N–H and O–H groups in total. The smallest absolute Gasteiger partial charge is 0.239 e. The molecule has 0 aliphatic rings. The summed E-state index contributed by atoms with van der Waals surface area (Å²) < 4.78 is 27.3. The first-order valence-electron chi connectivity index (χ1n) is 5.66. The van der Waals surface area contributed by atoms with E-state index >= 15 is 0 Å². The maximum absolute atomic E-state index is 11.5. The van der Waals surface area contributed by atoms with Crippen LogP contribution in [-0.2, 0) is 25.9 Å². The molecule has 19 heavy (non-hydrogen) atoms. The minimum atomic E-state index is -3.20. The summed E-state index contributed by atoms with van der Waals surface area (Å²) in [6.07, 6.45) is 1.15. The molecule has 1 aromatic rings. The van der Waals surface area contributed by atoms with Crippen molar-refractivity contribution in [3.8, 4) is 0 Å². The molecule has 0 aromatic heterocycles. The molecule has 0 bridgehead atoms. The van der Waals surface area contributed by atoms with Gasteiger partial charge in [0.15, 0.2) is 9.84 Å². The first-order chi connectivity index (χ1) is 8.84. The number of sulfone groups is 1. The highest BCUT2D eigenvalue weighted by Gasteiger charge is 2.12. The summed E-state index contributed by atoms with van der Waals surface area (Å²) in [5.74, 6) is -0.311. The number of hydrogen-bond acceptors (Lipinski definition) is 5. The van der Waals surface area contributed by atoms with E-state index in [1.54, 1.807) is 12.1 Å². The van der Waals surface area contributed by atoms with Crippen LogP contribution in [0.2, 0.25) is 0 Å². The summed E-state index contributed by atoms with van der Waals surface area (Å²) in [5, 5.41) is 2.65. The monoisotopic (exact) mass is 286 g/mol. The lowest BCUT2D eigenvalue weighted by Gasteiger charge is -2.11. The van der Waals surface area contributed by atoms with Crippen molar-refractivity contribution in [3.05, 3.63) is 29.8 Å². The van der Waals surface area contributed by atoms with Crippen molar-refractivity contribution in [1.82, 2.24) is 5.32 Å². The Morgan fingerprint density at radius 3 is 2.42 bits per heavy atom. The van der Waals surface area contributed by atoms with Gasteiger partial charge in [0.2, 0.25) is 5.91 Å². The highest BCUT2D eigenvalue weighted by Crippen LogP contribution is 2.10. The number of hydrogen-bond donors (Lipinski definition) is 2. The number of methoxy groups -OCH3 is 1. The third-order valence-corrected chi connectivity index (χ3v) is 3.63. The van der Waals surface area contributed by atoms with Gasteiger partial charge in [-0.05, 0) is 17.7 Å². The number of carbonyl (C=O) groups is 1. The molecule has 0 heterocycles. The van der Waals surface area contributed by atoms with E-state index in [1.807, 2.05) is 0 Å². The van der Waals surface area contributed by atoms with Crippen LogP contribution in [0, 0.1) is 0 Å². The second-order valence-electron chi connectivity index (χ2n) is 4.20. The number of carbonyl (C=O) groups excluding carboxylic acids is 1. The predicted octanol–water partition coefficient (Wildman–Crippen LogP) is -0.320. The lowest BCUT2D eigenvalue weighted by molar-refractivity contribution is -0.123. The molecule has 0 saturated heterocycles. The van der Waals surface area contributed by atoms with E-state index in [1.165, 1.54) is 19.2 Å². The van der Waals surface area contributed by atoms with Gasteiger partial charge in [0.1, 0.15) is 6.04 Å². The molecular formula is C12H18N2O4S. The Morgan fingerprint density at radius 2 is 1.95 bits per heavy atom. The van der Waals surface area contributed by atoms with E-state index in [-0.39, 0.29) is 17.4 Å². The zero-order chi connectivity index (χ0) is 14.5. The fraction of sp³-hybridized carbons (Fsp3) is 0.417. The van der Waals surface area contributed by atoms with E-state index in [0.717, 1.165) is 11.8 Å². The van der Waals surface area contributed by atoms with Crippen LogP contribution in [0.5, 0.6) is 0 Å². The quantitative estimate of drug-likeness (QED) is 0.747. The first kappa shape index (κ1) is 15.6. The minimum Gasteiger partial charge on any atom is -0.383 e. The van der Waals surface area contributed by atoms with Crippen molar-refractivity contribution in [2.75, 3.05) is 20.0 Å². The predicted molar refractivity (Wildman–Crippen MR) is 71.2 cm³/mol. The Labute approximate surface area is 112 Å². The normalized spacial score (nSPS) is 13.0. The van der Waals surface area contributed by atoms with Gasteiger partial charge in [0, 0.05) is 19.9 Å². The van der Waals surface area contributed by atoms with Gasteiger partial charge < -0.3 is 15.8 Å². The Kier molecular flexibility index (Phi) is 5.46. The van der Waals surface area contributed by atoms with E-state index < -0.39 is 15.9 Å². The van der Waals surface area contributed by atoms with Gasteiger partial charge >= 0.3 is 0 Å². The van der Waals surface area contributed by atoms with E-state index in [2.05, 4.69) is 5.32 Å². The average Bonchev–Trinajstić information content (AvgIpc) is 2.35. The molecule has 106 valence electrons. The fourth-order valence-electron chi connectivity index (χ4n) is 1.43. The third-order valence-electron chi connectivity index (χ3n) is 2.50. The zero-order valence-corrected chi connectivity index (χ0v) is 11.7. The number of rotatable bonds is 6. The van der Waals surface area contributed by atoms with Crippen LogP contribution in [0.15, 0.2) is 29.2 Å². The molecule has 0 aliphatic carbocycles. The van der Waals surface area contributed by atoms with Gasteiger partial charge in [-0.15, -0.1) is 0 Å². The van der Waals surface area contributed by atoms with E-state index in [9.17, 15) is 13.2 Å². The van der Waals surface area contributed by atoms with Gasteiger partial charge in [-0.3, -0.25) is 4.79 Å². The van der Waals surface area contributed by atoms with Crippen LogP contribution in [0.1, 0.15) is 5.56 Å². The van der Waals surface area contributed by atoms with Gasteiger partial charge in [0.25, 0.3) is 0 Å². The molecule has 1 rings (SSSR count). The summed E-state index contributed by atoms with van der Waals surface area (Å²) >= 11 is 0. The Hall–Kier alpha value is -1.44. The molecule has 6 nitrogen and oxygen atoms in total. The van der Waals surface area contributed by atoms with Crippen molar-refractivity contribution in [3.63, 3.8) is 0 Å².